The second-order valence-corrected chi connectivity index (χ2v) is 7.91. The molecule has 0 aliphatic heterocycles. The molecule has 188 valence electrons. The lowest BCUT2D eigenvalue weighted by Crippen LogP contribution is -2.25. The number of pyridine rings is 1. The van der Waals surface area contributed by atoms with Gasteiger partial charge in [0, 0.05) is 41.1 Å². The van der Waals surface area contributed by atoms with Gasteiger partial charge in [-0.3, -0.25) is 9.78 Å². The van der Waals surface area contributed by atoms with Crippen LogP contribution in [0.25, 0.3) is 33.6 Å². The first-order valence-electron chi connectivity index (χ1n) is 11.4. The smallest absolute Gasteiger partial charge is 0.251 e. The minimum absolute atomic E-state index is 0.185. The fourth-order valence-corrected chi connectivity index (χ4v) is 3.98. The summed E-state index contributed by atoms with van der Waals surface area (Å²) in [5.41, 5.74) is 9.42. The average Bonchev–Trinajstić information content (AvgIpc) is 3.36. The third-order valence-electron chi connectivity index (χ3n) is 5.78. The second kappa shape index (κ2) is 11.0. The van der Waals surface area contributed by atoms with Gasteiger partial charge in [-0.15, -0.1) is 0 Å². The number of furan rings is 1. The Kier molecular flexibility index (Phi) is 7.60. The lowest BCUT2D eigenvalue weighted by molar-refractivity contribution is 0.0953. The molecule has 0 fully saturated rings. The minimum atomic E-state index is -0.185. The zero-order valence-electron chi connectivity index (χ0n) is 20.7. The number of nitrogens with two attached hydrogens (primary N) is 1. The quantitative estimate of drug-likeness (QED) is 0.316. The van der Waals surface area contributed by atoms with Crippen LogP contribution in [-0.2, 0) is 0 Å². The first kappa shape index (κ1) is 24.9. The van der Waals surface area contributed by atoms with Gasteiger partial charge in [0.05, 0.1) is 28.4 Å². The Morgan fingerprint density at radius 3 is 2.28 bits per heavy atom. The van der Waals surface area contributed by atoms with Crippen LogP contribution < -0.4 is 30.0 Å². The summed E-state index contributed by atoms with van der Waals surface area (Å²) in [6.07, 6.45) is 2.40. The van der Waals surface area contributed by atoms with E-state index in [9.17, 15) is 4.79 Å². The van der Waals surface area contributed by atoms with E-state index in [1.54, 1.807) is 52.8 Å². The number of nitrogens with one attached hydrogen (secondary N) is 1. The molecule has 0 saturated carbocycles. The minimum Gasteiger partial charge on any atom is -0.496 e. The fraction of sp³-hybridized carbons (Fsp3) is 0.259. The van der Waals surface area contributed by atoms with Crippen molar-refractivity contribution < 1.29 is 28.2 Å². The van der Waals surface area contributed by atoms with E-state index >= 15 is 0 Å². The zero-order valence-corrected chi connectivity index (χ0v) is 20.7. The molecule has 0 spiro atoms. The fourth-order valence-electron chi connectivity index (χ4n) is 3.98. The van der Waals surface area contributed by atoms with Crippen LogP contribution in [0.5, 0.6) is 23.0 Å². The maximum atomic E-state index is 12.7. The summed E-state index contributed by atoms with van der Waals surface area (Å²) in [5, 5.41) is 2.88. The topological polar surface area (TPSA) is 118 Å². The van der Waals surface area contributed by atoms with Crippen LogP contribution in [0, 0.1) is 0 Å². The van der Waals surface area contributed by atoms with E-state index in [1.165, 1.54) is 0 Å². The average molecular weight is 492 g/mol. The summed E-state index contributed by atoms with van der Waals surface area (Å²) >= 11 is 0. The second-order valence-electron chi connectivity index (χ2n) is 7.91. The summed E-state index contributed by atoms with van der Waals surface area (Å²) < 4.78 is 28.3. The van der Waals surface area contributed by atoms with Crippen LogP contribution >= 0.6 is 0 Å². The number of hydrogen-bond donors (Lipinski definition) is 2. The normalized spacial score (nSPS) is 10.8. The predicted octanol–water partition coefficient (Wildman–Crippen LogP) is 4.27. The van der Waals surface area contributed by atoms with E-state index in [0.29, 0.717) is 70.5 Å². The molecule has 36 heavy (non-hydrogen) atoms. The Labute approximate surface area is 209 Å². The Balaban J connectivity index is 1.81. The van der Waals surface area contributed by atoms with Gasteiger partial charge in [0.1, 0.15) is 17.0 Å². The van der Waals surface area contributed by atoms with E-state index in [2.05, 4.69) is 10.3 Å². The molecule has 2 aromatic heterocycles. The van der Waals surface area contributed by atoms with Crippen molar-refractivity contribution in [2.45, 2.75) is 6.42 Å². The number of methoxy groups -OCH3 is 4. The molecule has 0 radical (unpaired) electrons. The SMILES string of the molecule is COc1ccc(C(=O)NCCCN)cc1-c1ccnc2cc(-c3cc(OC)c(OC)c(OC)c3)oc12. The molecule has 9 nitrogen and oxygen atoms in total. The van der Waals surface area contributed by atoms with Crippen molar-refractivity contribution in [3.63, 3.8) is 0 Å². The van der Waals surface area contributed by atoms with Gasteiger partial charge >= 0.3 is 0 Å². The monoisotopic (exact) mass is 491 g/mol. The van der Waals surface area contributed by atoms with E-state index in [-0.39, 0.29) is 5.91 Å². The summed E-state index contributed by atoms with van der Waals surface area (Å²) in [4.78, 5) is 17.1. The van der Waals surface area contributed by atoms with Gasteiger partial charge in [0.15, 0.2) is 17.1 Å². The van der Waals surface area contributed by atoms with Crippen LogP contribution in [0.1, 0.15) is 16.8 Å². The maximum absolute atomic E-state index is 12.7. The molecule has 0 aliphatic rings. The number of rotatable bonds is 10. The van der Waals surface area contributed by atoms with Crippen molar-refractivity contribution in [3.05, 3.63) is 54.2 Å². The third-order valence-corrected chi connectivity index (χ3v) is 5.78. The number of benzene rings is 2. The molecule has 0 unspecified atom stereocenters. The highest BCUT2D eigenvalue weighted by Crippen LogP contribution is 2.43. The number of amides is 1. The lowest BCUT2D eigenvalue weighted by Gasteiger charge is -2.13. The van der Waals surface area contributed by atoms with E-state index in [1.807, 2.05) is 24.3 Å². The van der Waals surface area contributed by atoms with Gasteiger partial charge < -0.3 is 34.4 Å². The van der Waals surface area contributed by atoms with Crippen LogP contribution in [0.2, 0.25) is 0 Å². The summed E-state index contributed by atoms with van der Waals surface area (Å²) in [5.74, 6) is 2.50. The van der Waals surface area contributed by atoms with Gasteiger partial charge in [-0.05, 0) is 49.4 Å². The molecule has 1 amide bonds. The van der Waals surface area contributed by atoms with Crippen molar-refractivity contribution in [2.75, 3.05) is 41.5 Å². The lowest BCUT2D eigenvalue weighted by atomic mass is 10.0. The highest BCUT2D eigenvalue weighted by molar-refractivity contribution is 5.99. The molecule has 0 saturated heterocycles. The number of ether oxygens (including phenoxy) is 4. The third kappa shape index (κ3) is 4.78. The highest BCUT2D eigenvalue weighted by Gasteiger charge is 2.20. The molecule has 0 aliphatic carbocycles. The van der Waals surface area contributed by atoms with Gasteiger partial charge in [0.25, 0.3) is 5.91 Å². The Hall–Kier alpha value is -4.24. The molecule has 4 rings (SSSR count). The molecule has 3 N–H and O–H groups in total. The van der Waals surface area contributed by atoms with Crippen molar-refractivity contribution in [1.29, 1.82) is 0 Å². The summed E-state index contributed by atoms with van der Waals surface area (Å²) in [7, 11) is 6.26. The molecule has 2 aromatic carbocycles. The number of carbonyl (C=O) groups excluding carboxylic acids is 1. The molecule has 2 heterocycles. The Morgan fingerprint density at radius 1 is 0.917 bits per heavy atom. The molecule has 9 heteroatoms. The molecular formula is C27H29N3O6. The summed E-state index contributed by atoms with van der Waals surface area (Å²) in [6.45, 7) is 1.02. The Morgan fingerprint density at radius 2 is 1.64 bits per heavy atom. The van der Waals surface area contributed by atoms with Crippen molar-refractivity contribution >= 4 is 17.0 Å². The zero-order chi connectivity index (χ0) is 25.7. The number of aromatic nitrogens is 1. The summed E-state index contributed by atoms with van der Waals surface area (Å²) in [6, 6.07) is 12.6. The predicted molar refractivity (Wildman–Crippen MR) is 137 cm³/mol. The van der Waals surface area contributed by atoms with Gasteiger partial charge in [0.2, 0.25) is 5.75 Å². The maximum Gasteiger partial charge on any atom is 0.251 e. The number of nitrogens with zero attached hydrogens (tertiary/aromatic N) is 1. The number of carbonyl (C=O) groups is 1. The van der Waals surface area contributed by atoms with Crippen LogP contribution in [-0.4, -0.2) is 52.4 Å². The first-order chi connectivity index (χ1) is 17.5. The van der Waals surface area contributed by atoms with Crippen molar-refractivity contribution in [3.8, 4) is 45.4 Å². The van der Waals surface area contributed by atoms with Crippen molar-refractivity contribution in [2.24, 2.45) is 5.73 Å². The molecular weight excluding hydrogens is 462 g/mol. The number of fused-ring (bicyclic) bond motifs is 1. The van der Waals surface area contributed by atoms with Crippen molar-refractivity contribution in [1.82, 2.24) is 10.3 Å². The standard InChI is InChI=1S/C27H29N3O6/c1-32-21-7-6-16(27(31)30-10-5-9-28)12-19(21)18-8-11-29-20-15-22(36-25(18)20)17-13-23(33-2)26(35-4)24(14-17)34-3/h6-8,11-15H,5,9-10,28H2,1-4H3,(H,30,31). The van der Waals surface area contributed by atoms with E-state index < -0.39 is 0 Å². The first-order valence-corrected chi connectivity index (χ1v) is 11.4. The highest BCUT2D eigenvalue weighted by atomic mass is 16.5. The number of hydrogen-bond acceptors (Lipinski definition) is 8. The molecule has 0 bridgehead atoms. The molecule has 4 aromatic rings. The Bertz CT molecular complexity index is 1360. The molecule has 0 atom stereocenters. The van der Waals surface area contributed by atoms with Gasteiger partial charge in [-0.1, -0.05) is 0 Å². The van der Waals surface area contributed by atoms with Gasteiger partial charge in [-0.25, -0.2) is 0 Å². The van der Waals surface area contributed by atoms with Crippen LogP contribution in [0.15, 0.2) is 53.1 Å². The van der Waals surface area contributed by atoms with Crippen LogP contribution in [0.3, 0.4) is 0 Å². The van der Waals surface area contributed by atoms with E-state index in [4.69, 9.17) is 29.1 Å². The largest absolute Gasteiger partial charge is 0.496 e. The van der Waals surface area contributed by atoms with Crippen LogP contribution in [0.4, 0.5) is 0 Å². The van der Waals surface area contributed by atoms with Gasteiger partial charge in [-0.2, -0.15) is 0 Å². The van der Waals surface area contributed by atoms with E-state index in [0.717, 1.165) is 11.1 Å².